The second-order valence-corrected chi connectivity index (χ2v) is 7.07. The number of nitrogens with one attached hydrogen (secondary N) is 2. The molecule has 0 unspecified atom stereocenters. The Morgan fingerprint density at radius 3 is 2.30 bits per heavy atom. The van der Waals surface area contributed by atoms with Crippen LogP contribution in [0.3, 0.4) is 0 Å². The van der Waals surface area contributed by atoms with Crippen molar-refractivity contribution in [1.82, 2.24) is 5.32 Å². The van der Waals surface area contributed by atoms with Crippen molar-refractivity contribution in [3.8, 4) is 11.5 Å². The molecular formula is C22H28FN3O4. The smallest absolute Gasteiger partial charge is 0.243 e. The van der Waals surface area contributed by atoms with Crippen molar-refractivity contribution < 1.29 is 23.5 Å². The molecule has 0 heterocycles. The van der Waals surface area contributed by atoms with E-state index in [4.69, 9.17) is 9.47 Å². The number of hydrogen-bond donors (Lipinski definition) is 2. The lowest BCUT2D eigenvalue weighted by atomic mass is 10.2. The molecule has 0 radical (unpaired) electrons. The van der Waals surface area contributed by atoms with Crippen LogP contribution in [0, 0.1) is 12.7 Å². The maximum absolute atomic E-state index is 14.0. The van der Waals surface area contributed by atoms with E-state index in [0.29, 0.717) is 17.1 Å². The Hall–Kier alpha value is -3.29. The van der Waals surface area contributed by atoms with Crippen LogP contribution in [0.25, 0.3) is 0 Å². The topological polar surface area (TPSA) is 79.9 Å². The second-order valence-electron chi connectivity index (χ2n) is 7.07. The number of anilines is 2. The van der Waals surface area contributed by atoms with Crippen molar-refractivity contribution in [2.75, 3.05) is 37.5 Å². The molecule has 30 heavy (non-hydrogen) atoms. The van der Waals surface area contributed by atoms with Crippen LogP contribution in [-0.2, 0) is 9.59 Å². The van der Waals surface area contributed by atoms with Crippen molar-refractivity contribution >= 4 is 23.2 Å². The zero-order valence-electron chi connectivity index (χ0n) is 17.9. The third kappa shape index (κ3) is 6.10. The van der Waals surface area contributed by atoms with Gasteiger partial charge in [-0.1, -0.05) is 6.07 Å². The van der Waals surface area contributed by atoms with Gasteiger partial charge in [-0.3, -0.25) is 9.59 Å². The first-order valence-electron chi connectivity index (χ1n) is 9.56. The average molecular weight is 417 g/mol. The summed E-state index contributed by atoms with van der Waals surface area (Å²) < 4.78 is 24.2. The summed E-state index contributed by atoms with van der Waals surface area (Å²) in [4.78, 5) is 26.4. The number of nitrogens with zero attached hydrogens (tertiary/aromatic N) is 1. The van der Waals surface area contributed by atoms with Crippen LogP contribution in [0.15, 0.2) is 36.4 Å². The molecular weight excluding hydrogens is 389 g/mol. The van der Waals surface area contributed by atoms with Gasteiger partial charge in [-0.2, -0.15) is 0 Å². The van der Waals surface area contributed by atoms with Crippen LogP contribution < -0.4 is 25.0 Å². The minimum absolute atomic E-state index is 0.0233. The summed E-state index contributed by atoms with van der Waals surface area (Å²) >= 11 is 0. The number of hydrogen-bond acceptors (Lipinski definition) is 5. The molecule has 0 aliphatic heterocycles. The first-order valence-corrected chi connectivity index (χ1v) is 9.56. The molecule has 0 bridgehead atoms. The standard InChI is InChI=1S/C22H28FN3O4/c1-14(2)26(16-7-9-19(29-4)17(23)11-16)13-22(28)24-12-21(27)25-18-10-15(3)6-8-20(18)30-5/h6-11,14H,12-13H2,1-5H3,(H,24,28)(H,25,27). The predicted molar refractivity (Wildman–Crippen MR) is 115 cm³/mol. The minimum atomic E-state index is -0.507. The van der Waals surface area contributed by atoms with Gasteiger partial charge in [-0.05, 0) is 50.6 Å². The van der Waals surface area contributed by atoms with Gasteiger partial charge in [0.1, 0.15) is 5.75 Å². The van der Waals surface area contributed by atoms with E-state index in [1.54, 1.807) is 23.1 Å². The van der Waals surface area contributed by atoms with E-state index in [0.717, 1.165) is 5.56 Å². The molecule has 0 aliphatic rings. The van der Waals surface area contributed by atoms with Crippen LogP contribution in [-0.4, -0.2) is 45.2 Å². The van der Waals surface area contributed by atoms with Crippen molar-refractivity contribution in [3.05, 3.63) is 47.8 Å². The Morgan fingerprint density at radius 1 is 1.03 bits per heavy atom. The molecule has 2 aromatic rings. The molecule has 0 aromatic heterocycles. The largest absolute Gasteiger partial charge is 0.495 e. The molecule has 2 rings (SSSR count). The summed E-state index contributed by atoms with van der Waals surface area (Å²) in [6.45, 7) is 5.47. The molecule has 2 N–H and O–H groups in total. The summed E-state index contributed by atoms with van der Waals surface area (Å²) in [6.07, 6.45) is 0. The van der Waals surface area contributed by atoms with Gasteiger partial charge in [0, 0.05) is 17.8 Å². The number of aryl methyl sites for hydroxylation is 1. The Bertz CT molecular complexity index is 902. The highest BCUT2D eigenvalue weighted by molar-refractivity contribution is 5.96. The molecule has 0 saturated heterocycles. The summed E-state index contributed by atoms with van der Waals surface area (Å²) in [5, 5.41) is 5.32. The molecule has 8 heteroatoms. The highest BCUT2D eigenvalue weighted by Gasteiger charge is 2.17. The molecule has 0 spiro atoms. The van der Waals surface area contributed by atoms with E-state index >= 15 is 0 Å². The van der Waals surface area contributed by atoms with Crippen molar-refractivity contribution in [2.45, 2.75) is 26.8 Å². The fraction of sp³-hybridized carbons (Fsp3) is 0.364. The number of halogens is 1. The zero-order chi connectivity index (χ0) is 22.3. The number of rotatable bonds is 9. The second kappa shape index (κ2) is 10.5. The summed E-state index contributed by atoms with van der Waals surface area (Å²) in [7, 11) is 2.91. The molecule has 0 atom stereocenters. The van der Waals surface area contributed by atoms with Gasteiger partial charge in [-0.15, -0.1) is 0 Å². The Balaban J connectivity index is 1.97. The van der Waals surface area contributed by atoms with Crippen LogP contribution in [0.2, 0.25) is 0 Å². The Kier molecular flexibility index (Phi) is 8.03. The van der Waals surface area contributed by atoms with E-state index in [1.165, 1.54) is 26.4 Å². The van der Waals surface area contributed by atoms with Gasteiger partial charge in [0.05, 0.1) is 33.0 Å². The van der Waals surface area contributed by atoms with E-state index in [2.05, 4.69) is 10.6 Å². The van der Waals surface area contributed by atoms with E-state index in [1.807, 2.05) is 26.8 Å². The van der Waals surface area contributed by atoms with Crippen molar-refractivity contribution in [2.24, 2.45) is 0 Å². The quantitative estimate of drug-likeness (QED) is 0.655. The lowest BCUT2D eigenvalue weighted by Gasteiger charge is -2.28. The van der Waals surface area contributed by atoms with Gasteiger partial charge >= 0.3 is 0 Å². The maximum Gasteiger partial charge on any atom is 0.243 e. The molecule has 0 aliphatic carbocycles. The van der Waals surface area contributed by atoms with Gasteiger partial charge < -0.3 is 25.0 Å². The van der Waals surface area contributed by atoms with Crippen molar-refractivity contribution in [1.29, 1.82) is 0 Å². The maximum atomic E-state index is 14.0. The van der Waals surface area contributed by atoms with Crippen LogP contribution in [0.4, 0.5) is 15.8 Å². The number of carbonyl (C=O) groups excluding carboxylic acids is 2. The third-order valence-corrected chi connectivity index (χ3v) is 4.48. The van der Waals surface area contributed by atoms with Gasteiger partial charge in [0.15, 0.2) is 11.6 Å². The first kappa shape index (κ1) is 23.0. The van der Waals surface area contributed by atoms with Crippen LogP contribution >= 0.6 is 0 Å². The SMILES string of the molecule is COc1ccc(N(CC(=O)NCC(=O)Nc2cc(C)ccc2OC)C(C)C)cc1F. The lowest BCUT2D eigenvalue weighted by Crippen LogP contribution is -2.43. The van der Waals surface area contributed by atoms with E-state index < -0.39 is 5.82 Å². The summed E-state index contributed by atoms with van der Waals surface area (Å²) in [5.41, 5.74) is 2.05. The molecule has 0 saturated carbocycles. The van der Waals surface area contributed by atoms with E-state index in [9.17, 15) is 14.0 Å². The number of ether oxygens (including phenoxy) is 2. The fourth-order valence-corrected chi connectivity index (χ4v) is 2.91. The molecule has 7 nitrogen and oxygen atoms in total. The monoisotopic (exact) mass is 417 g/mol. The third-order valence-electron chi connectivity index (χ3n) is 4.48. The van der Waals surface area contributed by atoms with Gasteiger partial charge in [-0.25, -0.2) is 4.39 Å². The number of methoxy groups -OCH3 is 2. The number of carbonyl (C=O) groups is 2. The van der Waals surface area contributed by atoms with Crippen molar-refractivity contribution in [3.63, 3.8) is 0 Å². The predicted octanol–water partition coefficient (Wildman–Crippen LogP) is 3.12. The van der Waals surface area contributed by atoms with E-state index in [-0.39, 0.29) is 36.7 Å². The molecule has 2 amide bonds. The van der Waals surface area contributed by atoms with Crippen LogP contribution in [0.5, 0.6) is 11.5 Å². The molecule has 0 fully saturated rings. The average Bonchev–Trinajstić information content (AvgIpc) is 2.70. The highest BCUT2D eigenvalue weighted by Crippen LogP contribution is 2.26. The van der Waals surface area contributed by atoms with Gasteiger partial charge in [0.2, 0.25) is 11.8 Å². The number of benzene rings is 2. The Labute approximate surface area is 176 Å². The van der Waals surface area contributed by atoms with Crippen LogP contribution in [0.1, 0.15) is 19.4 Å². The normalized spacial score (nSPS) is 10.5. The highest BCUT2D eigenvalue weighted by atomic mass is 19.1. The molecule has 162 valence electrons. The fourth-order valence-electron chi connectivity index (χ4n) is 2.91. The number of amides is 2. The summed E-state index contributed by atoms with van der Waals surface area (Å²) in [6, 6.07) is 9.89. The minimum Gasteiger partial charge on any atom is -0.495 e. The van der Waals surface area contributed by atoms with Gasteiger partial charge in [0.25, 0.3) is 0 Å². The zero-order valence-corrected chi connectivity index (χ0v) is 17.9. The Morgan fingerprint density at radius 2 is 1.70 bits per heavy atom. The lowest BCUT2D eigenvalue weighted by molar-refractivity contribution is -0.123. The summed E-state index contributed by atoms with van der Waals surface area (Å²) in [5.74, 6) is -0.569. The molecule has 2 aromatic carbocycles. The first-order chi connectivity index (χ1) is 14.2.